The minimum absolute atomic E-state index is 0.0407. The number of hydrogen-bond acceptors (Lipinski definition) is 6. The molecule has 4 heterocycles. The van der Waals surface area contributed by atoms with Crippen molar-refractivity contribution >= 4 is 27.9 Å². The molecule has 4 rings (SSSR count). The zero-order valence-electron chi connectivity index (χ0n) is 14.7. The van der Waals surface area contributed by atoms with Crippen LogP contribution in [-0.2, 0) is 13.5 Å². The number of Topliss-reactive ketones (excluding diaryl/α,β-unsaturated/α-hetero) is 1. The normalized spacial score (nSPS) is 11.2. The van der Waals surface area contributed by atoms with Crippen LogP contribution in [0.3, 0.4) is 0 Å². The van der Waals surface area contributed by atoms with E-state index >= 15 is 0 Å². The lowest BCUT2D eigenvalue weighted by atomic mass is 10.1. The van der Waals surface area contributed by atoms with Crippen molar-refractivity contribution in [2.75, 3.05) is 0 Å². The van der Waals surface area contributed by atoms with Crippen molar-refractivity contribution in [1.82, 2.24) is 24.5 Å². The van der Waals surface area contributed by atoms with Crippen LogP contribution in [-0.4, -0.2) is 30.3 Å². The molecule has 6 nitrogen and oxygen atoms in total. The smallest absolute Gasteiger partial charge is 0.180 e. The van der Waals surface area contributed by atoms with Gasteiger partial charge in [0.2, 0.25) is 0 Å². The molecule has 0 N–H and O–H groups in total. The Hall–Kier alpha value is -2.93. The van der Waals surface area contributed by atoms with Crippen molar-refractivity contribution < 1.29 is 4.79 Å². The van der Waals surface area contributed by atoms with Crippen molar-refractivity contribution in [2.24, 2.45) is 7.05 Å². The van der Waals surface area contributed by atoms with E-state index in [1.807, 2.05) is 43.8 Å². The number of hydrogen-bond donors (Lipinski definition) is 0. The number of thiazole rings is 1. The summed E-state index contributed by atoms with van der Waals surface area (Å²) in [5.41, 5.74) is 2.55. The molecule has 130 valence electrons. The second kappa shape index (κ2) is 6.42. The summed E-state index contributed by atoms with van der Waals surface area (Å²) in [5, 5.41) is 2.84. The Morgan fingerprint density at radius 1 is 1.00 bits per heavy atom. The van der Waals surface area contributed by atoms with E-state index in [-0.39, 0.29) is 12.2 Å². The Morgan fingerprint density at radius 2 is 1.81 bits per heavy atom. The minimum atomic E-state index is 0.0407. The fourth-order valence-electron chi connectivity index (χ4n) is 2.80. The first kappa shape index (κ1) is 16.5. The van der Waals surface area contributed by atoms with Gasteiger partial charge in [-0.1, -0.05) is 0 Å². The van der Waals surface area contributed by atoms with Crippen LogP contribution in [0, 0.1) is 13.8 Å². The number of carbonyl (C=O) groups is 1. The monoisotopic (exact) mass is 363 g/mol. The Kier molecular flexibility index (Phi) is 4.08. The first-order chi connectivity index (χ1) is 12.5. The van der Waals surface area contributed by atoms with Gasteiger partial charge in [0.05, 0.1) is 33.9 Å². The number of nitrogens with zero attached hydrogens (tertiary/aromatic N) is 5. The van der Waals surface area contributed by atoms with Gasteiger partial charge in [-0.15, -0.1) is 11.3 Å². The molecule has 7 heteroatoms. The van der Waals surface area contributed by atoms with Gasteiger partial charge in [0, 0.05) is 36.7 Å². The zero-order valence-corrected chi connectivity index (χ0v) is 15.5. The highest BCUT2D eigenvalue weighted by Crippen LogP contribution is 2.23. The Bertz CT molecular complexity index is 1130. The lowest BCUT2D eigenvalue weighted by Crippen LogP contribution is -2.03. The summed E-state index contributed by atoms with van der Waals surface area (Å²) in [7, 11) is 1.97. The number of fused-ring (bicyclic) bond motifs is 1. The highest BCUT2D eigenvalue weighted by molar-refractivity contribution is 7.13. The molecule has 0 spiro atoms. The largest absolute Gasteiger partial charge is 0.330 e. The molecule has 0 aromatic carbocycles. The quantitative estimate of drug-likeness (QED) is 0.519. The van der Waals surface area contributed by atoms with Crippen LogP contribution in [0.15, 0.2) is 36.9 Å². The third kappa shape index (κ3) is 3.01. The summed E-state index contributed by atoms with van der Waals surface area (Å²) >= 11 is 1.41. The highest BCUT2D eigenvalue weighted by Gasteiger charge is 2.13. The first-order valence-electron chi connectivity index (χ1n) is 8.20. The summed E-state index contributed by atoms with van der Waals surface area (Å²) in [6, 6.07) is 3.97. The van der Waals surface area contributed by atoms with Gasteiger partial charge in [0.15, 0.2) is 5.78 Å². The van der Waals surface area contributed by atoms with E-state index in [0.717, 1.165) is 38.7 Å². The summed E-state index contributed by atoms with van der Waals surface area (Å²) in [5.74, 6) is 0.974. The van der Waals surface area contributed by atoms with Crippen LogP contribution in [0.4, 0.5) is 0 Å². The van der Waals surface area contributed by atoms with E-state index in [1.54, 1.807) is 18.6 Å². The van der Waals surface area contributed by atoms with Gasteiger partial charge >= 0.3 is 0 Å². The third-order valence-corrected chi connectivity index (χ3v) is 5.33. The van der Waals surface area contributed by atoms with Crippen LogP contribution < -0.4 is 0 Å². The number of pyridine rings is 2. The lowest BCUT2D eigenvalue weighted by Gasteiger charge is -2.06. The fraction of sp³-hybridized carbons (Fsp3) is 0.211. The van der Waals surface area contributed by atoms with Crippen LogP contribution in [0.2, 0.25) is 0 Å². The molecule has 0 saturated heterocycles. The van der Waals surface area contributed by atoms with Crippen LogP contribution in [0.25, 0.3) is 22.2 Å². The second-order valence-corrected chi connectivity index (χ2v) is 7.42. The Balaban J connectivity index is 1.67. The molecule has 0 bridgehead atoms. The van der Waals surface area contributed by atoms with Crippen molar-refractivity contribution in [3.63, 3.8) is 0 Å². The van der Waals surface area contributed by atoms with Crippen molar-refractivity contribution in [3.8, 4) is 11.4 Å². The van der Waals surface area contributed by atoms with E-state index in [9.17, 15) is 4.79 Å². The topological polar surface area (TPSA) is 73.6 Å². The third-order valence-electron chi connectivity index (χ3n) is 4.38. The maximum Gasteiger partial charge on any atom is 0.180 e. The van der Waals surface area contributed by atoms with E-state index < -0.39 is 0 Å². The first-order valence-corrected chi connectivity index (χ1v) is 9.02. The Morgan fingerprint density at radius 3 is 2.50 bits per heavy atom. The number of rotatable bonds is 4. The summed E-state index contributed by atoms with van der Waals surface area (Å²) in [4.78, 5) is 30.5. The molecule has 0 fully saturated rings. The molecule has 0 radical (unpaired) electrons. The van der Waals surface area contributed by atoms with Gasteiger partial charge in [-0.05, 0) is 31.4 Å². The molecule has 0 aliphatic heterocycles. The molecule has 0 atom stereocenters. The van der Waals surface area contributed by atoms with Gasteiger partial charge in [0.25, 0.3) is 0 Å². The summed E-state index contributed by atoms with van der Waals surface area (Å²) in [6.45, 7) is 3.85. The standard InChI is InChI=1S/C19H17N5OS/c1-11-20-9-17(24(11)3)16-5-13-4-15(22-7-14(13)8-23-16)6-18(25)19-10-21-12(2)26-19/h4-5,7-10H,6H2,1-3H3. The number of imidazole rings is 1. The summed E-state index contributed by atoms with van der Waals surface area (Å²) < 4.78 is 2.01. The predicted octanol–water partition coefficient (Wildman–Crippen LogP) is 3.53. The zero-order chi connectivity index (χ0) is 18.3. The van der Waals surface area contributed by atoms with Gasteiger partial charge in [0.1, 0.15) is 5.82 Å². The van der Waals surface area contributed by atoms with Gasteiger partial charge in [-0.25, -0.2) is 9.97 Å². The van der Waals surface area contributed by atoms with Crippen LogP contribution >= 0.6 is 11.3 Å². The average Bonchev–Trinajstić information content (AvgIpc) is 3.21. The maximum atomic E-state index is 12.4. The van der Waals surface area contributed by atoms with Gasteiger partial charge < -0.3 is 4.57 Å². The molecule has 0 saturated carbocycles. The van der Waals surface area contributed by atoms with Crippen LogP contribution in [0.1, 0.15) is 26.2 Å². The minimum Gasteiger partial charge on any atom is -0.330 e. The Labute approximate surface area is 154 Å². The highest BCUT2D eigenvalue weighted by atomic mass is 32.1. The molecule has 4 aromatic heterocycles. The molecular weight excluding hydrogens is 346 g/mol. The van der Waals surface area contributed by atoms with Crippen LogP contribution in [0.5, 0.6) is 0 Å². The molecule has 0 unspecified atom stereocenters. The number of ketones is 1. The molecule has 4 aromatic rings. The predicted molar refractivity (Wildman–Crippen MR) is 101 cm³/mol. The molecule has 0 aliphatic carbocycles. The molecular formula is C19H17N5OS. The van der Waals surface area contributed by atoms with Crippen molar-refractivity contribution in [1.29, 1.82) is 0 Å². The average molecular weight is 363 g/mol. The molecule has 0 aliphatic rings. The van der Waals surface area contributed by atoms with E-state index in [1.165, 1.54) is 11.3 Å². The fourth-order valence-corrected chi connectivity index (χ4v) is 3.52. The van der Waals surface area contributed by atoms with E-state index in [0.29, 0.717) is 4.88 Å². The van der Waals surface area contributed by atoms with Gasteiger partial charge in [-0.2, -0.15) is 0 Å². The van der Waals surface area contributed by atoms with E-state index in [4.69, 9.17) is 0 Å². The van der Waals surface area contributed by atoms with Crippen molar-refractivity contribution in [3.05, 3.63) is 58.3 Å². The number of aryl methyl sites for hydroxylation is 2. The molecule has 26 heavy (non-hydrogen) atoms. The van der Waals surface area contributed by atoms with Gasteiger partial charge in [-0.3, -0.25) is 14.8 Å². The number of aromatic nitrogens is 5. The number of carbonyl (C=O) groups excluding carboxylic acids is 1. The second-order valence-electron chi connectivity index (χ2n) is 6.19. The molecule has 0 amide bonds. The lowest BCUT2D eigenvalue weighted by molar-refractivity contribution is 0.0995. The van der Waals surface area contributed by atoms with E-state index in [2.05, 4.69) is 19.9 Å². The summed E-state index contributed by atoms with van der Waals surface area (Å²) in [6.07, 6.45) is 7.29. The SMILES string of the molecule is Cc1ncc(C(=O)Cc2cc3cc(-c4cnc(C)n4C)ncc3cn2)s1. The van der Waals surface area contributed by atoms with Crippen molar-refractivity contribution in [2.45, 2.75) is 20.3 Å². The maximum absolute atomic E-state index is 12.4.